The Morgan fingerprint density at radius 2 is 1.91 bits per heavy atom. The molecule has 1 aliphatic rings. The highest BCUT2D eigenvalue weighted by molar-refractivity contribution is 5.99. The van der Waals surface area contributed by atoms with Gasteiger partial charge in [0.15, 0.2) is 6.10 Å². The molecule has 0 spiro atoms. The molecule has 2 aromatic rings. The molecule has 3 heteroatoms. The first kappa shape index (κ1) is 15.6. The van der Waals surface area contributed by atoms with E-state index in [1.54, 1.807) is 0 Å². The zero-order chi connectivity index (χ0) is 16.6. The van der Waals surface area contributed by atoms with Gasteiger partial charge in [0.1, 0.15) is 5.75 Å². The summed E-state index contributed by atoms with van der Waals surface area (Å²) < 4.78 is 5.97. The van der Waals surface area contributed by atoms with E-state index >= 15 is 0 Å². The van der Waals surface area contributed by atoms with Crippen LogP contribution < -0.4 is 9.64 Å². The van der Waals surface area contributed by atoms with Gasteiger partial charge in [-0.05, 0) is 62.9 Å². The van der Waals surface area contributed by atoms with Gasteiger partial charge in [-0.3, -0.25) is 4.79 Å². The van der Waals surface area contributed by atoms with Crippen molar-refractivity contribution >= 4 is 11.6 Å². The highest BCUT2D eigenvalue weighted by Gasteiger charge is 2.33. The molecule has 23 heavy (non-hydrogen) atoms. The van der Waals surface area contributed by atoms with Gasteiger partial charge in [0, 0.05) is 11.7 Å². The highest BCUT2D eigenvalue weighted by atomic mass is 16.5. The molecule has 0 N–H and O–H groups in total. The summed E-state index contributed by atoms with van der Waals surface area (Å²) in [7, 11) is 0. The van der Waals surface area contributed by atoms with E-state index in [-0.39, 0.29) is 11.9 Å². The third-order valence-electron chi connectivity index (χ3n) is 4.65. The lowest BCUT2D eigenvalue weighted by Crippen LogP contribution is -2.43. The summed E-state index contributed by atoms with van der Waals surface area (Å²) in [4.78, 5) is 14.8. The minimum atomic E-state index is -0.510. The second kappa shape index (κ2) is 6.07. The molecular weight excluding hydrogens is 286 g/mol. The van der Waals surface area contributed by atoms with Crippen LogP contribution in [0.5, 0.6) is 5.75 Å². The summed E-state index contributed by atoms with van der Waals surface area (Å²) in [5, 5.41) is 0. The number of anilines is 1. The van der Waals surface area contributed by atoms with Gasteiger partial charge < -0.3 is 9.64 Å². The molecule has 0 fully saturated rings. The van der Waals surface area contributed by atoms with Crippen LogP contribution in [0.15, 0.2) is 42.5 Å². The quantitative estimate of drug-likeness (QED) is 0.856. The Morgan fingerprint density at radius 1 is 1.17 bits per heavy atom. The molecule has 1 amide bonds. The van der Waals surface area contributed by atoms with E-state index in [0.29, 0.717) is 0 Å². The third-order valence-corrected chi connectivity index (χ3v) is 4.65. The van der Waals surface area contributed by atoms with Crippen LogP contribution in [0.2, 0.25) is 0 Å². The molecule has 0 aliphatic carbocycles. The van der Waals surface area contributed by atoms with Crippen LogP contribution in [0.25, 0.3) is 0 Å². The van der Waals surface area contributed by atoms with Crippen LogP contribution in [0.3, 0.4) is 0 Å². The average Bonchev–Trinajstić information content (AvgIpc) is 2.86. The Hall–Kier alpha value is -2.29. The Kier molecular flexibility index (Phi) is 4.12. The van der Waals surface area contributed by atoms with Gasteiger partial charge in [-0.25, -0.2) is 0 Å². The molecule has 2 aromatic carbocycles. The maximum atomic E-state index is 12.9. The number of ether oxygens (including phenoxy) is 1. The third kappa shape index (κ3) is 2.83. The summed E-state index contributed by atoms with van der Waals surface area (Å²) in [5.74, 6) is 0.800. The number of carbonyl (C=O) groups excluding carboxylic acids is 1. The monoisotopic (exact) mass is 309 g/mol. The molecule has 3 rings (SSSR count). The number of hydrogen-bond donors (Lipinski definition) is 0. The first-order valence-corrected chi connectivity index (χ1v) is 8.13. The number of fused-ring (bicyclic) bond motifs is 1. The Morgan fingerprint density at radius 3 is 2.70 bits per heavy atom. The van der Waals surface area contributed by atoms with Crippen molar-refractivity contribution in [1.82, 2.24) is 0 Å². The number of para-hydroxylation sites is 1. The molecule has 3 nitrogen and oxygen atoms in total. The van der Waals surface area contributed by atoms with Crippen LogP contribution in [0.1, 0.15) is 30.5 Å². The molecular formula is C20H23NO2. The SMILES string of the molecule is Cc1cccc(OC(C)C(=O)N2c3ccccc3CC2C)c1C. The largest absolute Gasteiger partial charge is 0.481 e. The zero-order valence-electron chi connectivity index (χ0n) is 14.2. The van der Waals surface area contributed by atoms with Gasteiger partial charge in [-0.15, -0.1) is 0 Å². The molecule has 0 aromatic heterocycles. The molecule has 1 aliphatic heterocycles. The maximum Gasteiger partial charge on any atom is 0.268 e. The second-order valence-corrected chi connectivity index (χ2v) is 6.35. The summed E-state index contributed by atoms with van der Waals surface area (Å²) in [6.07, 6.45) is 0.391. The number of carbonyl (C=O) groups is 1. The Bertz CT molecular complexity index is 738. The lowest BCUT2D eigenvalue weighted by atomic mass is 10.1. The lowest BCUT2D eigenvalue weighted by Gasteiger charge is -2.27. The molecule has 0 bridgehead atoms. The van der Waals surface area contributed by atoms with Crippen LogP contribution >= 0.6 is 0 Å². The molecule has 0 radical (unpaired) electrons. The number of rotatable bonds is 3. The summed E-state index contributed by atoms with van der Waals surface area (Å²) >= 11 is 0. The van der Waals surface area contributed by atoms with Crippen molar-refractivity contribution in [1.29, 1.82) is 0 Å². The summed E-state index contributed by atoms with van der Waals surface area (Å²) in [6, 6.07) is 14.2. The van der Waals surface area contributed by atoms with Crippen LogP contribution in [0, 0.1) is 13.8 Å². The standard InChI is InChI=1S/C20H23NO2/c1-13-8-7-11-19(15(13)3)23-16(4)20(22)21-14(2)12-17-9-5-6-10-18(17)21/h5-11,14,16H,12H2,1-4H3. The Labute approximate surface area is 137 Å². The van der Waals surface area contributed by atoms with E-state index in [2.05, 4.69) is 13.0 Å². The highest BCUT2D eigenvalue weighted by Crippen LogP contribution is 2.33. The van der Waals surface area contributed by atoms with Gasteiger partial charge in [0.25, 0.3) is 5.91 Å². The van der Waals surface area contributed by atoms with Crippen LogP contribution in [0.4, 0.5) is 5.69 Å². The van der Waals surface area contributed by atoms with Crippen molar-refractivity contribution < 1.29 is 9.53 Å². The molecule has 120 valence electrons. The topological polar surface area (TPSA) is 29.5 Å². The predicted molar refractivity (Wildman–Crippen MR) is 93.1 cm³/mol. The Balaban J connectivity index is 1.82. The molecule has 0 saturated carbocycles. The minimum Gasteiger partial charge on any atom is -0.481 e. The van der Waals surface area contributed by atoms with Crippen LogP contribution in [-0.2, 0) is 11.2 Å². The van der Waals surface area contributed by atoms with Crippen molar-refractivity contribution in [2.24, 2.45) is 0 Å². The fraction of sp³-hybridized carbons (Fsp3) is 0.350. The van der Waals surface area contributed by atoms with Gasteiger partial charge in [0.05, 0.1) is 0 Å². The van der Waals surface area contributed by atoms with Crippen molar-refractivity contribution in [2.75, 3.05) is 4.90 Å². The van der Waals surface area contributed by atoms with E-state index in [1.165, 1.54) is 11.1 Å². The van der Waals surface area contributed by atoms with Crippen molar-refractivity contribution in [2.45, 2.75) is 46.3 Å². The van der Waals surface area contributed by atoms with Crippen molar-refractivity contribution in [3.8, 4) is 5.75 Å². The molecule has 0 saturated heterocycles. The fourth-order valence-corrected chi connectivity index (χ4v) is 3.19. The number of hydrogen-bond acceptors (Lipinski definition) is 2. The predicted octanol–water partition coefficient (Wildman–Crippen LogP) is 4.05. The van der Waals surface area contributed by atoms with Crippen molar-refractivity contribution in [3.63, 3.8) is 0 Å². The summed E-state index contributed by atoms with van der Waals surface area (Å²) in [6.45, 7) is 7.99. The van der Waals surface area contributed by atoms with Crippen molar-refractivity contribution in [3.05, 3.63) is 59.2 Å². The van der Waals surface area contributed by atoms with E-state index in [0.717, 1.165) is 23.4 Å². The van der Waals surface area contributed by atoms with E-state index in [9.17, 15) is 4.79 Å². The smallest absolute Gasteiger partial charge is 0.268 e. The molecule has 2 unspecified atom stereocenters. The molecule has 2 atom stereocenters. The first-order chi connectivity index (χ1) is 11.0. The summed E-state index contributed by atoms with van der Waals surface area (Å²) in [5.41, 5.74) is 4.50. The van der Waals surface area contributed by atoms with Gasteiger partial charge >= 0.3 is 0 Å². The number of benzene rings is 2. The fourth-order valence-electron chi connectivity index (χ4n) is 3.19. The second-order valence-electron chi connectivity index (χ2n) is 6.35. The molecule has 1 heterocycles. The van der Waals surface area contributed by atoms with Crippen LogP contribution in [-0.4, -0.2) is 18.1 Å². The first-order valence-electron chi connectivity index (χ1n) is 8.13. The lowest BCUT2D eigenvalue weighted by molar-refractivity contribution is -0.124. The van der Waals surface area contributed by atoms with E-state index < -0.39 is 6.10 Å². The normalized spacial score (nSPS) is 17.7. The maximum absolute atomic E-state index is 12.9. The minimum absolute atomic E-state index is 0.0170. The van der Waals surface area contributed by atoms with Gasteiger partial charge in [-0.1, -0.05) is 30.3 Å². The van der Waals surface area contributed by atoms with E-state index in [1.807, 2.05) is 62.1 Å². The number of aryl methyl sites for hydroxylation is 1. The zero-order valence-corrected chi connectivity index (χ0v) is 14.2. The van der Waals surface area contributed by atoms with Gasteiger partial charge in [-0.2, -0.15) is 0 Å². The van der Waals surface area contributed by atoms with Gasteiger partial charge in [0.2, 0.25) is 0 Å². The number of nitrogens with zero attached hydrogens (tertiary/aromatic N) is 1. The number of amides is 1. The van der Waals surface area contributed by atoms with E-state index in [4.69, 9.17) is 4.74 Å². The average molecular weight is 309 g/mol.